The Labute approximate surface area is 150 Å². The van der Waals surface area contributed by atoms with Crippen molar-refractivity contribution < 1.29 is 36.3 Å². The van der Waals surface area contributed by atoms with Gasteiger partial charge in [0.1, 0.15) is 5.78 Å². The lowest BCUT2D eigenvalue weighted by Gasteiger charge is -2.35. The lowest BCUT2D eigenvalue weighted by molar-refractivity contribution is -0.265. The number of benzene rings is 1. The monoisotopic (exact) mass is 397 g/mol. The Balaban J connectivity index is 3.28. The third-order valence-electron chi connectivity index (χ3n) is 3.64. The van der Waals surface area contributed by atoms with Crippen molar-refractivity contribution in [2.24, 2.45) is 0 Å². The zero-order chi connectivity index (χ0) is 20.0. The van der Waals surface area contributed by atoms with Crippen LogP contribution in [0, 0.1) is 0 Å². The highest BCUT2D eigenvalue weighted by Crippen LogP contribution is 2.52. The molecule has 1 aromatic carbocycles. The number of rotatable bonds is 9. The van der Waals surface area contributed by atoms with Gasteiger partial charge in [-0.1, -0.05) is 30.3 Å². The molecule has 0 spiro atoms. The van der Waals surface area contributed by atoms with Crippen LogP contribution in [0.15, 0.2) is 30.3 Å². The summed E-state index contributed by atoms with van der Waals surface area (Å²) >= 11 is 0. The maximum absolute atomic E-state index is 13.8. The van der Waals surface area contributed by atoms with Crippen LogP contribution in [0.25, 0.3) is 0 Å². The van der Waals surface area contributed by atoms with Crippen molar-refractivity contribution >= 4 is 13.5 Å². The second-order valence-corrected chi connectivity index (χ2v) is 7.64. The van der Waals surface area contributed by atoms with Gasteiger partial charge in [-0.05, 0) is 20.8 Å². The predicted octanol–water partition coefficient (Wildman–Crippen LogP) is 3.82. The number of hydrogen-bond donors (Lipinski definition) is 1. The van der Waals surface area contributed by atoms with Gasteiger partial charge in [-0.25, -0.2) is 0 Å². The lowest BCUT2D eigenvalue weighted by atomic mass is 9.91. The molecule has 0 fully saturated rings. The lowest BCUT2D eigenvalue weighted by Crippen LogP contribution is -2.57. The number of ether oxygens (including phenoxy) is 1. The first-order valence-electron chi connectivity index (χ1n) is 7.96. The fourth-order valence-corrected chi connectivity index (χ4v) is 3.93. The van der Waals surface area contributed by atoms with E-state index in [9.17, 15) is 22.5 Å². The molecule has 0 unspecified atom stereocenters. The molecule has 0 bridgehead atoms. The molecule has 1 amide bonds. The van der Waals surface area contributed by atoms with Crippen LogP contribution in [0.4, 0.5) is 13.2 Å². The van der Waals surface area contributed by atoms with Crippen LogP contribution < -0.4 is 5.32 Å². The number of nitrogens with one attached hydrogen (secondary N) is 1. The van der Waals surface area contributed by atoms with Crippen LogP contribution in [0.5, 0.6) is 0 Å². The van der Waals surface area contributed by atoms with E-state index in [2.05, 4.69) is 10.1 Å². The summed E-state index contributed by atoms with van der Waals surface area (Å²) in [5, 5.41) is 2.09. The fourth-order valence-electron chi connectivity index (χ4n) is 2.41. The normalized spacial score (nSPS) is 16.0. The van der Waals surface area contributed by atoms with Gasteiger partial charge in [-0.2, -0.15) is 13.2 Å². The molecule has 26 heavy (non-hydrogen) atoms. The van der Waals surface area contributed by atoms with Crippen molar-refractivity contribution in [2.45, 2.75) is 38.3 Å². The fraction of sp³-hybridized carbons (Fsp3) is 0.562. The molecule has 0 aliphatic rings. The minimum atomic E-state index is -5.06. The summed E-state index contributed by atoms with van der Waals surface area (Å²) in [6.45, 7) is 4.38. The highest BCUT2D eigenvalue weighted by atomic mass is 31.2. The van der Waals surface area contributed by atoms with Crippen LogP contribution in [-0.2, 0) is 28.7 Å². The second-order valence-electron chi connectivity index (χ2n) is 5.27. The van der Waals surface area contributed by atoms with Gasteiger partial charge in [0, 0.05) is 12.7 Å². The maximum atomic E-state index is 13.8. The molecule has 148 valence electrons. The van der Waals surface area contributed by atoms with Crippen molar-refractivity contribution in [2.75, 3.05) is 20.3 Å². The summed E-state index contributed by atoms with van der Waals surface area (Å²) in [4.78, 5) is 12.6. The SMILES string of the molecule is CCOP(=O)(OCC)[C@@H](C)NC(=O)[C@@](OC)(c1ccccc1)C(F)(F)F. The summed E-state index contributed by atoms with van der Waals surface area (Å²) in [5.41, 5.74) is -3.66. The standard InChI is InChI=1S/C16H23F3NO5P/c1-5-24-26(22,25-6-2)12(3)20-14(21)15(23-4,16(17,18)19)13-10-8-7-9-11-13/h7-12H,5-6H2,1-4H3,(H,20,21)/t12-,15-/m0/s1. The number of methoxy groups -OCH3 is 1. The first-order valence-corrected chi connectivity index (χ1v) is 9.57. The van der Waals surface area contributed by atoms with Crippen LogP contribution in [0.1, 0.15) is 26.3 Å². The Morgan fingerprint density at radius 3 is 2.04 bits per heavy atom. The van der Waals surface area contributed by atoms with Gasteiger partial charge in [0.05, 0.1) is 13.2 Å². The van der Waals surface area contributed by atoms with Crippen molar-refractivity contribution in [1.82, 2.24) is 5.32 Å². The minimum Gasteiger partial charge on any atom is -0.356 e. The van der Waals surface area contributed by atoms with Gasteiger partial charge in [0.2, 0.25) is 0 Å². The molecule has 0 aliphatic heterocycles. The van der Waals surface area contributed by atoms with E-state index in [-0.39, 0.29) is 13.2 Å². The van der Waals surface area contributed by atoms with E-state index in [4.69, 9.17) is 9.05 Å². The molecule has 0 aliphatic carbocycles. The summed E-state index contributed by atoms with van der Waals surface area (Å²) in [6.07, 6.45) is -5.06. The van der Waals surface area contributed by atoms with E-state index >= 15 is 0 Å². The molecule has 1 rings (SSSR count). The number of alkyl halides is 3. The Kier molecular flexibility index (Phi) is 7.83. The number of amides is 1. The smallest absolute Gasteiger partial charge is 0.356 e. The zero-order valence-electron chi connectivity index (χ0n) is 15.0. The van der Waals surface area contributed by atoms with Crippen LogP contribution >= 0.6 is 7.60 Å². The first-order chi connectivity index (χ1) is 12.1. The number of carbonyl (C=O) groups excluding carboxylic acids is 1. The van der Waals surface area contributed by atoms with E-state index < -0.39 is 36.6 Å². The Morgan fingerprint density at radius 1 is 1.15 bits per heavy atom. The molecule has 0 aromatic heterocycles. The molecule has 1 aromatic rings. The van der Waals surface area contributed by atoms with Crippen LogP contribution in [0.2, 0.25) is 0 Å². The van der Waals surface area contributed by atoms with Crippen molar-refractivity contribution in [3.05, 3.63) is 35.9 Å². The first kappa shape index (κ1) is 22.6. The Morgan fingerprint density at radius 2 is 1.65 bits per heavy atom. The summed E-state index contributed by atoms with van der Waals surface area (Å²) < 4.78 is 69.0. The molecule has 1 N–H and O–H groups in total. The van der Waals surface area contributed by atoms with Crippen LogP contribution in [0.3, 0.4) is 0 Å². The number of carbonyl (C=O) groups is 1. The van der Waals surface area contributed by atoms with Crippen molar-refractivity contribution in [3.63, 3.8) is 0 Å². The van der Waals surface area contributed by atoms with Gasteiger partial charge in [0.15, 0.2) is 0 Å². The minimum absolute atomic E-state index is 0.00483. The number of hydrogen-bond acceptors (Lipinski definition) is 5. The largest absolute Gasteiger partial charge is 0.430 e. The molecule has 0 saturated carbocycles. The summed E-state index contributed by atoms with van der Waals surface area (Å²) in [5.74, 6) is -2.82. The summed E-state index contributed by atoms with van der Waals surface area (Å²) in [6, 6.07) is 6.49. The quantitative estimate of drug-likeness (QED) is 0.642. The van der Waals surface area contributed by atoms with E-state index in [0.29, 0.717) is 0 Å². The predicted molar refractivity (Wildman–Crippen MR) is 89.6 cm³/mol. The van der Waals surface area contributed by atoms with E-state index in [1.165, 1.54) is 25.1 Å². The van der Waals surface area contributed by atoms with E-state index in [1.54, 1.807) is 13.8 Å². The number of halogens is 3. The van der Waals surface area contributed by atoms with Gasteiger partial charge < -0.3 is 19.1 Å². The molecular formula is C16H23F3NO5P. The third kappa shape index (κ3) is 4.46. The van der Waals surface area contributed by atoms with Gasteiger partial charge in [0.25, 0.3) is 11.5 Å². The highest BCUT2D eigenvalue weighted by molar-refractivity contribution is 7.54. The highest BCUT2D eigenvalue weighted by Gasteiger charge is 2.63. The van der Waals surface area contributed by atoms with E-state index in [0.717, 1.165) is 19.2 Å². The Bertz CT molecular complexity index is 631. The molecule has 6 nitrogen and oxygen atoms in total. The molecule has 0 heterocycles. The topological polar surface area (TPSA) is 73.9 Å². The van der Waals surface area contributed by atoms with Gasteiger partial charge >= 0.3 is 13.8 Å². The van der Waals surface area contributed by atoms with E-state index in [1.807, 2.05) is 0 Å². The average Bonchev–Trinajstić information content (AvgIpc) is 2.56. The summed E-state index contributed by atoms with van der Waals surface area (Å²) in [7, 11) is -3.06. The zero-order valence-corrected chi connectivity index (χ0v) is 15.9. The maximum Gasteiger partial charge on any atom is 0.430 e. The van der Waals surface area contributed by atoms with Crippen LogP contribution in [-0.4, -0.2) is 38.2 Å². The average molecular weight is 397 g/mol. The van der Waals surface area contributed by atoms with Crippen molar-refractivity contribution in [3.8, 4) is 0 Å². The molecule has 10 heteroatoms. The molecule has 2 atom stereocenters. The second kappa shape index (κ2) is 8.99. The van der Waals surface area contributed by atoms with Gasteiger partial charge in [-0.3, -0.25) is 9.36 Å². The third-order valence-corrected chi connectivity index (χ3v) is 5.95. The molecular weight excluding hydrogens is 374 g/mol. The Hall–Kier alpha value is -1.41. The molecule has 0 saturated heterocycles. The molecule has 0 radical (unpaired) electrons. The van der Waals surface area contributed by atoms with Crippen molar-refractivity contribution in [1.29, 1.82) is 0 Å². The van der Waals surface area contributed by atoms with Gasteiger partial charge in [-0.15, -0.1) is 0 Å².